The van der Waals surface area contributed by atoms with E-state index in [0.717, 1.165) is 18.4 Å². The Bertz CT molecular complexity index is 216. The number of hydrogen-bond donors (Lipinski definition) is 1. The molecule has 0 aromatic rings. The van der Waals surface area contributed by atoms with Gasteiger partial charge in [0, 0.05) is 6.04 Å². The Morgan fingerprint density at radius 3 is 2.64 bits per heavy atom. The van der Waals surface area contributed by atoms with Crippen molar-refractivity contribution in [1.29, 1.82) is 0 Å². The maximum Gasteiger partial charge on any atom is 0.0575 e. The molecule has 0 bridgehead atoms. The molecule has 2 rings (SSSR count). The van der Waals surface area contributed by atoms with Crippen molar-refractivity contribution in [2.75, 3.05) is 6.54 Å². The molecule has 0 aromatic carbocycles. The van der Waals surface area contributed by atoms with Crippen LogP contribution in [0.15, 0.2) is 0 Å². The van der Waals surface area contributed by atoms with Gasteiger partial charge in [0.2, 0.25) is 0 Å². The molecule has 0 heterocycles. The highest BCUT2D eigenvalue weighted by atomic mass is 14.9. The van der Waals surface area contributed by atoms with Gasteiger partial charge in [0.1, 0.15) is 0 Å². The molecule has 2 aliphatic rings. The Morgan fingerprint density at radius 2 is 1.86 bits per heavy atom. The third-order valence-corrected chi connectivity index (χ3v) is 4.03. The fourth-order valence-electron chi connectivity index (χ4n) is 3.26. The van der Waals surface area contributed by atoms with Crippen LogP contribution in [0.4, 0.5) is 0 Å². The second kappa shape index (κ2) is 4.84. The molecule has 0 saturated heterocycles. The number of nitrogens with one attached hydrogen (secondary N) is 1. The first-order chi connectivity index (χ1) is 6.90. The van der Waals surface area contributed by atoms with Crippen LogP contribution in [0.5, 0.6) is 0 Å². The van der Waals surface area contributed by atoms with E-state index in [1.165, 1.54) is 44.9 Å². The molecular formula is C13H21N. The molecule has 0 spiro atoms. The summed E-state index contributed by atoms with van der Waals surface area (Å²) in [7, 11) is 0. The summed E-state index contributed by atoms with van der Waals surface area (Å²) in [6.45, 7) is 0.752. The average molecular weight is 191 g/mol. The molecule has 3 unspecified atom stereocenters. The van der Waals surface area contributed by atoms with Crippen LogP contribution in [0.2, 0.25) is 0 Å². The molecule has 0 aliphatic heterocycles. The third kappa shape index (κ3) is 2.30. The quantitative estimate of drug-likeness (QED) is 0.661. The predicted molar refractivity (Wildman–Crippen MR) is 59.9 cm³/mol. The van der Waals surface area contributed by atoms with Gasteiger partial charge in [-0.1, -0.05) is 31.6 Å². The van der Waals surface area contributed by atoms with Crippen LogP contribution in [-0.2, 0) is 0 Å². The van der Waals surface area contributed by atoms with Crippen LogP contribution in [0.25, 0.3) is 0 Å². The van der Waals surface area contributed by atoms with Crippen LogP contribution in [0.3, 0.4) is 0 Å². The first-order valence-electron chi connectivity index (χ1n) is 6.07. The van der Waals surface area contributed by atoms with Gasteiger partial charge in [0.05, 0.1) is 6.54 Å². The molecule has 2 aliphatic carbocycles. The second-order valence-corrected chi connectivity index (χ2v) is 4.90. The number of fused-ring (bicyclic) bond motifs is 1. The van der Waals surface area contributed by atoms with Gasteiger partial charge >= 0.3 is 0 Å². The topological polar surface area (TPSA) is 12.0 Å². The predicted octanol–water partition coefficient (Wildman–Crippen LogP) is 2.57. The van der Waals surface area contributed by atoms with Crippen LogP contribution in [0, 0.1) is 24.2 Å². The van der Waals surface area contributed by atoms with Gasteiger partial charge in [-0.05, 0) is 31.1 Å². The number of terminal acetylenes is 1. The van der Waals surface area contributed by atoms with E-state index in [1.807, 2.05) is 0 Å². The van der Waals surface area contributed by atoms with Crippen molar-refractivity contribution in [2.24, 2.45) is 11.8 Å². The van der Waals surface area contributed by atoms with E-state index >= 15 is 0 Å². The smallest absolute Gasteiger partial charge is 0.0575 e. The normalized spacial score (nSPS) is 37.2. The molecule has 3 atom stereocenters. The first kappa shape index (κ1) is 10.1. The summed E-state index contributed by atoms with van der Waals surface area (Å²) in [6, 6.07) is 0.713. The van der Waals surface area contributed by atoms with E-state index in [2.05, 4.69) is 11.2 Å². The van der Waals surface area contributed by atoms with Crippen molar-refractivity contribution in [1.82, 2.24) is 5.32 Å². The van der Waals surface area contributed by atoms with Crippen LogP contribution in [-0.4, -0.2) is 12.6 Å². The molecule has 0 amide bonds. The van der Waals surface area contributed by atoms with Gasteiger partial charge in [0.25, 0.3) is 0 Å². The monoisotopic (exact) mass is 191 g/mol. The van der Waals surface area contributed by atoms with Crippen LogP contribution in [0.1, 0.15) is 44.9 Å². The fourth-order valence-corrected chi connectivity index (χ4v) is 3.26. The first-order valence-corrected chi connectivity index (χ1v) is 6.07. The highest BCUT2D eigenvalue weighted by Crippen LogP contribution is 2.40. The lowest BCUT2D eigenvalue weighted by Crippen LogP contribution is -2.38. The summed E-state index contributed by atoms with van der Waals surface area (Å²) in [4.78, 5) is 0. The standard InChI is InChI=1S/C13H21N/c1-2-9-14-13-8-7-11-5-3-4-6-12(11)10-13/h1,11-14H,3-10H2. The zero-order valence-corrected chi connectivity index (χ0v) is 8.97. The van der Waals surface area contributed by atoms with E-state index in [4.69, 9.17) is 6.42 Å². The van der Waals surface area contributed by atoms with Crippen LogP contribution >= 0.6 is 0 Å². The molecule has 1 nitrogen and oxygen atoms in total. The van der Waals surface area contributed by atoms with Crippen molar-refractivity contribution in [3.8, 4) is 12.3 Å². The van der Waals surface area contributed by atoms with E-state index in [-0.39, 0.29) is 0 Å². The van der Waals surface area contributed by atoms with Crippen molar-refractivity contribution in [3.05, 3.63) is 0 Å². The Morgan fingerprint density at radius 1 is 1.07 bits per heavy atom. The maximum absolute atomic E-state index is 5.26. The Balaban J connectivity index is 1.81. The van der Waals surface area contributed by atoms with Crippen molar-refractivity contribution < 1.29 is 0 Å². The van der Waals surface area contributed by atoms with E-state index < -0.39 is 0 Å². The Hall–Kier alpha value is -0.480. The lowest BCUT2D eigenvalue weighted by atomic mass is 9.69. The summed E-state index contributed by atoms with van der Waals surface area (Å²) in [6.07, 6.45) is 15.3. The molecule has 0 radical (unpaired) electrons. The number of hydrogen-bond acceptors (Lipinski definition) is 1. The molecular weight excluding hydrogens is 170 g/mol. The SMILES string of the molecule is C#CCNC1CCC2CCCCC2C1. The number of rotatable bonds is 2. The minimum Gasteiger partial charge on any atom is -0.303 e. The average Bonchev–Trinajstić information content (AvgIpc) is 2.26. The molecule has 1 N–H and O–H groups in total. The molecule has 2 fully saturated rings. The molecule has 78 valence electrons. The lowest BCUT2D eigenvalue weighted by Gasteiger charge is -2.39. The van der Waals surface area contributed by atoms with E-state index in [1.54, 1.807) is 0 Å². The highest BCUT2D eigenvalue weighted by molar-refractivity contribution is 4.91. The lowest BCUT2D eigenvalue weighted by molar-refractivity contribution is 0.145. The Kier molecular flexibility index (Phi) is 3.48. The summed E-state index contributed by atoms with van der Waals surface area (Å²) in [5, 5.41) is 3.47. The zero-order valence-electron chi connectivity index (χ0n) is 8.97. The van der Waals surface area contributed by atoms with Gasteiger partial charge < -0.3 is 5.32 Å². The van der Waals surface area contributed by atoms with Gasteiger partial charge in [0.15, 0.2) is 0 Å². The van der Waals surface area contributed by atoms with E-state index in [9.17, 15) is 0 Å². The van der Waals surface area contributed by atoms with E-state index in [0.29, 0.717) is 6.04 Å². The van der Waals surface area contributed by atoms with Crippen LogP contribution < -0.4 is 5.32 Å². The van der Waals surface area contributed by atoms with Gasteiger partial charge in [-0.3, -0.25) is 0 Å². The Labute approximate surface area is 87.7 Å². The third-order valence-electron chi connectivity index (χ3n) is 4.03. The van der Waals surface area contributed by atoms with Gasteiger partial charge in [-0.15, -0.1) is 6.42 Å². The summed E-state index contributed by atoms with van der Waals surface area (Å²) in [5.74, 6) is 4.73. The van der Waals surface area contributed by atoms with Crippen molar-refractivity contribution in [2.45, 2.75) is 51.0 Å². The van der Waals surface area contributed by atoms with Crippen molar-refractivity contribution in [3.63, 3.8) is 0 Å². The van der Waals surface area contributed by atoms with Crippen molar-refractivity contribution >= 4 is 0 Å². The summed E-state index contributed by atoms with van der Waals surface area (Å²) >= 11 is 0. The molecule has 14 heavy (non-hydrogen) atoms. The second-order valence-electron chi connectivity index (χ2n) is 4.90. The van der Waals surface area contributed by atoms with Gasteiger partial charge in [-0.25, -0.2) is 0 Å². The molecule has 2 saturated carbocycles. The minimum atomic E-state index is 0.713. The minimum absolute atomic E-state index is 0.713. The molecule has 0 aromatic heterocycles. The van der Waals surface area contributed by atoms with Gasteiger partial charge in [-0.2, -0.15) is 0 Å². The maximum atomic E-state index is 5.26. The zero-order chi connectivity index (χ0) is 9.80. The highest BCUT2D eigenvalue weighted by Gasteiger charge is 2.31. The summed E-state index contributed by atoms with van der Waals surface area (Å²) < 4.78 is 0. The fraction of sp³-hybridized carbons (Fsp3) is 0.846. The largest absolute Gasteiger partial charge is 0.303 e. The summed E-state index contributed by atoms with van der Waals surface area (Å²) in [5.41, 5.74) is 0. The molecule has 1 heteroatoms.